The van der Waals surface area contributed by atoms with Crippen molar-refractivity contribution in [2.75, 3.05) is 19.4 Å². The predicted molar refractivity (Wildman–Crippen MR) is 50.0 cm³/mol. The Kier molecular flexibility index (Phi) is 3.91. The Labute approximate surface area is 74.7 Å². The van der Waals surface area contributed by atoms with Gasteiger partial charge < -0.3 is 0 Å². The van der Waals surface area contributed by atoms with E-state index in [9.17, 15) is 4.89 Å². The highest BCUT2D eigenvalue weighted by molar-refractivity contribution is 7.60. The molecule has 12 heavy (non-hydrogen) atoms. The van der Waals surface area contributed by atoms with E-state index in [4.69, 9.17) is 9.05 Å². The minimum atomic E-state index is -2.38. The maximum Gasteiger partial charge on any atom is 0.408 e. The molecule has 0 bridgehead atoms. The maximum atomic E-state index is 9.67. The van der Waals surface area contributed by atoms with E-state index >= 15 is 0 Å². The maximum absolute atomic E-state index is 9.67. The van der Waals surface area contributed by atoms with Crippen LogP contribution in [0.5, 0.6) is 0 Å². The summed E-state index contributed by atoms with van der Waals surface area (Å²) in [6.45, 7) is 5.48. The van der Waals surface area contributed by atoms with Gasteiger partial charge in [0.15, 0.2) is 0 Å². The third kappa shape index (κ3) is 3.36. The first-order chi connectivity index (χ1) is 5.62. The van der Waals surface area contributed by atoms with Gasteiger partial charge >= 0.3 is 7.94 Å². The molecule has 0 aromatic rings. The van der Waals surface area contributed by atoms with Gasteiger partial charge in [0.2, 0.25) is 0 Å². The van der Waals surface area contributed by atoms with Crippen LogP contribution in [0, 0.1) is 5.92 Å². The van der Waals surface area contributed by atoms with E-state index in [0.717, 1.165) is 12.8 Å². The zero-order valence-corrected chi connectivity index (χ0v) is 8.72. The predicted octanol–water partition coefficient (Wildman–Crippen LogP) is 2.22. The second kappa shape index (κ2) is 4.52. The normalized spacial score (nSPS) is 22.0. The Morgan fingerprint density at radius 3 is 2.42 bits per heavy atom. The molecule has 3 nitrogen and oxygen atoms in total. The monoisotopic (exact) mass is 193 g/mol. The van der Waals surface area contributed by atoms with E-state index in [1.165, 1.54) is 0 Å². The van der Waals surface area contributed by atoms with Crippen molar-refractivity contribution in [2.45, 2.75) is 26.7 Å². The van der Waals surface area contributed by atoms with Crippen molar-refractivity contribution in [3.05, 3.63) is 0 Å². The van der Waals surface area contributed by atoms with Crippen molar-refractivity contribution in [3.63, 3.8) is 0 Å². The molecule has 1 fully saturated rings. The molecule has 1 rings (SSSR count). The lowest BCUT2D eigenvalue weighted by Crippen LogP contribution is -1.99. The molecule has 0 unspecified atom stereocenters. The minimum Gasteiger partial charge on any atom is -0.193 e. The Morgan fingerprint density at radius 1 is 1.33 bits per heavy atom. The van der Waals surface area contributed by atoms with Crippen LogP contribution in [0.25, 0.3) is 0 Å². The SMILES string of the molecule is CC(C)CCC[P+]1(O)OCCO1. The molecule has 0 aliphatic carbocycles. The van der Waals surface area contributed by atoms with Crippen LogP contribution in [0.1, 0.15) is 26.7 Å². The van der Waals surface area contributed by atoms with E-state index < -0.39 is 7.94 Å². The zero-order chi connectivity index (χ0) is 9.03. The van der Waals surface area contributed by atoms with Crippen LogP contribution in [-0.2, 0) is 9.05 Å². The Bertz CT molecular complexity index is 132. The van der Waals surface area contributed by atoms with Crippen molar-refractivity contribution < 1.29 is 13.9 Å². The fourth-order valence-electron chi connectivity index (χ4n) is 1.23. The molecule has 72 valence electrons. The van der Waals surface area contributed by atoms with Crippen LogP contribution in [-0.4, -0.2) is 24.3 Å². The summed E-state index contributed by atoms with van der Waals surface area (Å²) in [5.74, 6) is 0.694. The van der Waals surface area contributed by atoms with Gasteiger partial charge in [-0.05, 0) is 18.8 Å². The molecule has 0 aromatic carbocycles. The third-order valence-corrected chi connectivity index (χ3v) is 3.94. The van der Waals surface area contributed by atoms with Crippen LogP contribution in [0.2, 0.25) is 0 Å². The molecule has 1 N–H and O–H groups in total. The molecule has 1 saturated heterocycles. The summed E-state index contributed by atoms with van der Waals surface area (Å²) in [6.07, 6.45) is 2.84. The van der Waals surface area contributed by atoms with Gasteiger partial charge in [0.25, 0.3) is 0 Å². The molecule has 1 aliphatic heterocycles. The van der Waals surface area contributed by atoms with E-state index in [0.29, 0.717) is 25.3 Å². The van der Waals surface area contributed by atoms with Crippen LogP contribution in [0.3, 0.4) is 0 Å². The van der Waals surface area contributed by atoms with E-state index in [1.807, 2.05) is 0 Å². The number of hydrogen-bond acceptors (Lipinski definition) is 3. The molecule has 0 atom stereocenters. The lowest BCUT2D eigenvalue weighted by Gasteiger charge is -2.09. The summed E-state index contributed by atoms with van der Waals surface area (Å²) in [6, 6.07) is 0. The summed E-state index contributed by atoms with van der Waals surface area (Å²) in [4.78, 5) is 9.67. The largest absolute Gasteiger partial charge is 0.408 e. The van der Waals surface area contributed by atoms with Crippen LogP contribution in [0.15, 0.2) is 0 Å². The fourth-order valence-corrected chi connectivity index (χ4v) is 2.86. The van der Waals surface area contributed by atoms with Gasteiger partial charge in [-0.3, -0.25) is 0 Å². The van der Waals surface area contributed by atoms with Crippen LogP contribution >= 0.6 is 7.94 Å². The summed E-state index contributed by atoms with van der Waals surface area (Å²) in [5, 5.41) is 0. The second-order valence-electron chi connectivity index (χ2n) is 3.56. The molecule has 0 saturated carbocycles. The highest BCUT2D eigenvalue weighted by Crippen LogP contribution is 2.60. The molecule has 1 aliphatic rings. The molecule has 4 heteroatoms. The lowest BCUT2D eigenvalue weighted by molar-refractivity contribution is 0.309. The summed E-state index contributed by atoms with van der Waals surface area (Å²) < 4.78 is 10.3. The smallest absolute Gasteiger partial charge is 0.193 e. The molecule has 1 heterocycles. The number of rotatable bonds is 4. The summed E-state index contributed by atoms with van der Waals surface area (Å²) >= 11 is 0. The van der Waals surface area contributed by atoms with E-state index in [-0.39, 0.29) is 0 Å². The second-order valence-corrected chi connectivity index (χ2v) is 5.80. The third-order valence-electron chi connectivity index (χ3n) is 1.89. The van der Waals surface area contributed by atoms with Crippen molar-refractivity contribution in [1.29, 1.82) is 0 Å². The molecule has 0 aromatic heterocycles. The van der Waals surface area contributed by atoms with Crippen molar-refractivity contribution >= 4 is 7.94 Å². The van der Waals surface area contributed by atoms with Crippen molar-refractivity contribution in [2.24, 2.45) is 5.92 Å². The minimum absolute atomic E-state index is 0.561. The van der Waals surface area contributed by atoms with Gasteiger partial charge in [-0.15, -0.1) is 0 Å². The van der Waals surface area contributed by atoms with Gasteiger partial charge in [0.05, 0.1) is 0 Å². The highest BCUT2D eigenvalue weighted by Gasteiger charge is 2.44. The summed E-state index contributed by atoms with van der Waals surface area (Å²) in [5.41, 5.74) is 0. The molecule has 0 radical (unpaired) electrons. The van der Waals surface area contributed by atoms with E-state index in [1.54, 1.807) is 0 Å². The average molecular weight is 193 g/mol. The van der Waals surface area contributed by atoms with Crippen LogP contribution < -0.4 is 0 Å². The van der Waals surface area contributed by atoms with Gasteiger partial charge in [0.1, 0.15) is 19.4 Å². The van der Waals surface area contributed by atoms with Crippen molar-refractivity contribution in [1.82, 2.24) is 0 Å². The molecular formula is C8H18O3P+. The quantitative estimate of drug-likeness (QED) is 0.696. The van der Waals surface area contributed by atoms with Crippen molar-refractivity contribution in [3.8, 4) is 0 Å². The fraction of sp³-hybridized carbons (Fsp3) is 1.00. The van der Waals surface area contributed by atoms with Gasteiger partial charge in [-0.1, -0.05) is 13.8 Å². The summed E-state index contributed by atoms with van der Waals surface area (Å²) in [7, 11) is -2.38. The van der Waals surface area contributed by atoms with Gasteiger partial charge in [0, 0.05) is 0 Å². The van der Waals surface area contributed by atoms with Gasteiger partial charge in [-0.2, -0.15) is 13.9 Å². The standard InChI is InChI=1S/C8H18O3P/c1-8(2)4-3-7-12(9)10-5-6-11-12/h8-9H,3-7H2,1-2H3/q+1. The highest BCUT2D eigenvalue weighted by atomic mass is 31.2. The zero-order valence-electron chi connectivity index (χ0n) is 7.82. The molecule has 0 amide bonds. The first-order valence-electron chi connectivity index (χ1n) is 4.52. The number of hydrogen-bond donors (Lipinski definition) is 1. The average Bonchev–Trinajstić information content (AvgIpc) is 2.35. The first kappa shape index (κ1) is 10.4. The first-order valence-corrected chi connectivity index (χ1v) is 6.28. The van der Waals surface area contributed by atoms with E-state index in [2.05, 4.69) is 13.8 Å². The lowest BCUT2D eigenvalue weighted by atomic mass is 10.1. The Hall–Kier alpha value is 0.310. The van der Waals surface area contributed by atoms with Gasteiger partial charge in [-0.25, -0.2) is 0 Å². The van der Waals surface area contributed by atoms with Crippen LogP contribution in [0.4, 0.5) is 0 Å². The Morgan fingerprint density at radius 2 is 1.92 bits per heavy atom. The topological polar surface area (TPSA) is 38.7 Å². The molecule has 0 spiro atoms. The Balaban J connectivity index is 2.13. The molecular weight excluding hydrogens is 175 g/mol.